The van der Waals surface area contributed by atoms with Crippen LogP contribution in [0.1, 0.15) is 23.3 Å². The molecule has 1 aliphatic rings. The van der Waals surface area contributed by atoms with E-state index in [0.717, 1.165) is 54.6 Å². The Hall–Kier alpha value is -2.59. The van der Waals surface area contributed by atoms with E-state index in [4.69, 9.17) is 16.3 Å². The van der Waals surface area contributed by atoms with Gasteiger partial charge in [-0.2, -0.15) is 0 Å². The molecule has 0 amide bonds. The quantitative estimate of drug-likeness (QED) is 0.625. The van der Waals surface area contributed by atoms with Gasteiger partial charge in [0.2, 0.25) is 0 Å². The van der Waals surface area contributed by atoms with Gasteiger partial charge in [-0.25, -0.2) is 4.98 Å². The molecule has 0 bridgehead atoms. The maximum Gasteiger partial charge on any atom is 0.168 e. The second kappa shape index (κ2) is 7.34. The molecular formula is C21H19ClN2O2. The number of piperidine rings is 1. The van der Waals surface area contributed by atoms with Gasteiger partial charge in [-0.3, -0.25) is 4.79 Å². The zero-order valence-electron chi connectivity index (χ0n) is 14.3. The van der Waals surface area contributed by atoms with Crippen molar-refractivity contribution in [1.82, 2.24) is 4.98 Å². The van der Waals surface area contributed by atoms with Crippen LogP contribution in [0.2, 0.25) is 5.02 Å². The van der Waals surface area contributed by atoms with Crippen molar-refractivity contribution in [2.75, 3.05) is 18.0 Å². The number of ether oxygens (including phenoxy) is 1. The van der Waals surface area contributed by atoms with Gasteiger partial charge in [0.1, 0.15) is 23.4 Å². The second-order valence-corrected chi connectivity index (χ2v) is 6.90. The highest BCUT2D eigenvalue weighted by molar-refractivity contribution is 6.30. The summed E-state index contributed by atoms with van der Waals surface area (Å²) in [6, 6.07) is 17.4. The molecule has 4 rings (SSSR count). The maximum absolute atomic E-state index is 11.3. The molecule has 4 nitrogen and oxygen atoms in total. The number of hydrogen-bond donors (Lipinski definition) is 0. The van der Waals surface area contributed by atoms with Crippen LogP contribution in [0.3, 0.4) is 0 Å². The van der Waals surface area contributed by atoms with Gasteiger partial charge >= 0.3 is 0 Å². The van der Waals surface area contributed by atoms with Gasteiger partial charge in [0.15, 0.2) is 6.29 Å². The first-order chi connectivity index (χ1) is 12.7. The molecule has 0 saturated carbocycles. The van der Waals surface area contributed by atoms with Crippen LogP contribution in [0.5, 0.6) is 5.75 Å². The number of rotatable bonds is 4. The summed E-state index contributed by atoms with van der Waals surface area (Å²) >= 11 is 5.92. The average Bonchev–Trinajstić information content (AvgIpc) is 2.69. The van der Waals surface area contributed by atoms with E-state index in [1.807, 2.05) is 48.5 Å². The number of pyridine rings is 1. The van der Waals surface area contributed by atoms with Crippen LogP contribution in [0, 0.1) is 0 Å². The predicted molar refractivity (Wildman–Crippen MR) is 104 cm³/mol. The first-order valence-corrected chi connectivity index (χ1v) is 9.13. The maximum atomic E-state index is 11.3. The number of anilines is 1. The molecule has 1 aliphatic heterocycles. The molecule has 0 atom stereocenters. The Morgan fingerprint density at radius 1 is 1.08 bits per heavy atom. The molecule has 1 fully saturated rings. The van der Waals surface area contributed by atoms with Crippen LogP contribution in [0.15, 0.2) is 54.6 Å². The molecule has 0 aliphatic carbocycles. The topological polar surface area (TPSA) is 42.4 Å². The van der Waals surface area contributed by atoms with E-state index in [1.165, 1.54) is 0 Å². The molecule has 0 radical (unpaired) electrons. The van der Waals surface area contributed by atoms with Crippen LogP contribution >= 0.6 is 11.6 Å². The van der Waals surface area contributed by atoms with Gasteiger partial charge < -0.3 is 9.64 Å². The fourth-order valence-electron chi connectivity index (χ4n) is 3.39. The Kier molecular flexibility index (Phi) is 4.76. The first-order valence-electron chi connectivity index (χ1n) is 8.75. The Bertz CT molecular complexity index is 919. The van der Waals surface area contributed by atoms with Gasteiger partial charge in [-0.15, -0.1) is 0 Å². The smallest absolute Gasteiger partial charge is 0.168 e. The van der Waals surface area contributed by atoms with E-state index < -0.39 is 0 Å². The lowest BCUT2D eigenvalue weighted by atomic mass is 10.1. The lowest BCUT2D eigenvalue weighted by molar-refractivity contribution is 0.111. The van der Waals surface area contributed by atoms with Crippen LogP contribution < -0.4 is 9.64 Å². The third kappa shape index (κ3) is 3.51. The summed E-state index contributed by atoms with van der Waals surface area (Å²) in [7, 11) is 0. The number of hydrogen-bond acceptors (Lipinski definition) is 4. The number of nitrogens with zero attached hydrogens (tertiary/aromatic N) is 2. The van der Waals surface area contributed by atoms with Crippen molar-refractivity contribution in [2.24, 2.45) is 0 Å². The van der Waals surface area contributed by atoms with Gasteiger partial charge in [0.05, 0.1) is 0 Å². The molecule has 0 unspecified atom stereocenters. The molecule has 26 heavy (non-hydrogen) atoms. The molecule has 5 heteroatoms. The monoisotopic (exact) mass is 366 g/mol. The Balaban J connectivity index is 1.50. The van der Waals surface area contributed by atoms with Crippen molar-refractivity contribution >= 4 is 34.5 Å². The summed E-state index contributed by atoms with van der Waals surface area (Å²) in [5.41, 5.74) is 0.471. The summed E-state index contributed by atoms with van der Waals surface area (Å²) in [5.74, 6) is 1.73. The van der Waals surface area contributed by atoms with Crippen molar-refractivity contribution < 1.29 is 9.53 Å². The third-order valence-electron chi connectivity index (χ3n) is 4.72. The summed E-state index contributed by atoms with van der Waals surface area (Å²) in [6.45, 7) is 1.69. The van der Waals surface area contributed by atoms with Crippen LogP contribution in [0.4, 0.5) is 5.82 Å². The molecule has 1 saturated heterocycles. The minimum absolute atomic E-state index is 0.174. The molecule has 0 spiro atoms. The lowest BCUT2D eigenvalue weighted by Gasteiger charge is -2.33. The molecule has 1 aromatic heterocycles. The van der Waals surface area contributed by atoms with Crippen LogP contribution in [-0.4, -0.2) is 30.5 Å². The average molecular weight is 367 g/mol. The highest BCUT2D eigenvalue weighted by atomic mass is 35.5. The number of carbonyl (C=O) groups is 1. The van der Waals surface area contributed by atoms with E-state index >= 15 is 0 Å². The number of aldehydes is 1. The minimum Gasteiger partial charge on any atom is -0.490 e. The van der Waals surface area contributed by atoms with Crippen molar-refractivity contribution in [3.05, 3.63) is 65.3 Å². The lowest BCUT2D eigenvalue weighted by Crippen LogP contribution is -2.38. The van der Waals surface area contributed by atoms with Gasteiger partial charge in [0, 0.05) is 36.3 Å². The molecule has 2 heterocycles. The molecule has 132 valence electrons. The number of aromatic nitrogens is 1. The first kappa shape index (κ1) is 16.9. The Labute approximate surface area is 157 Å². The van der Waals surface area contributed by atoms with E-state index in [-0.39, 0.29) is 6.10 Å². The van der Waals surface area contributed by atoms with Crippen molar-refractivity contribution in [1.29, 1.82) is 0 Å². The number of halogens is 1. The van der Waals surface area contributed by atoms with Gasteiger partial charge in [-0.05, 0) is 35.7 Å². The van der Waals surface area contributed by atoms with E-state index in [9.17, 15) is 4.79 Å². The van der Waals surface area contributed by atoms with Crippen molar-refractivity contribution in [3.63, 3.8) is 0 Å². The summed E-state index contributed by atoms with van der Waals surface area (Å²) in [6.07, 6.45) is 2.80. The fourth-order valence-corrected chi connectivity index (χ4v) is 3.52. The largest absolute Gasteiger partial charge is 0.490 e. The summed E-state index contributed by atoms with van der Waals surface area (Å²) in [5, 5.41) is 2.83. The van der Waals surface area contributed by atoms with Gasteiger partial charge in [0.25, 0.3) is 0 Å². The van der Waals surface area contributed by atoms with Crippen molar-refractivity contribution in [3.8, 4) is 5.75 Å². The van der Waals surface area contributed by atoms with Crippen LogP contribution in [0.25, 0.3) is 10.8 Å². The standard InChI is InChI=1S/C21H19ClN2O2/c22-16-5-7-18(8-6-16)26-19-9-11-24(12-10-19)21-20-4-2-1-3-15(20)13-17(14-25)23-21/h1-8,13-14,19H,9-12H2. The highest BCUT2D eigenvalue weighted by Crippen LogP contribution is 2.29. The zero-order chi connectivity index (χ0) is 17.9. The van der Waals surface area contributed by atoms with E-state index in [0.29, 0.717) is 10.7 Å². The zero-order valence-corrected chi connectivity index (χ0v) is 15.0. The number of carbonyl (C=O) groups excluding carboxylic acids is 1. The fraction of sp³-hybridized carbons (Fsp3) is 0.238. The molecule has 3 aromatic rings. The number of benzene rings is 2. The van der Waals surface area contributed by atoms with E-state index in [1.54, 1.807) is 0 Å². The predicted octanol–water partition coefficient (Wildman–Crippen LogP) is 4.75. The molecular weight excluding hydrogens is 348 g/mol. The molecule has 2 aromatic carbocycles. The normalized spacial score (nSPS) is 15.2. The molecule has 0 N–H and O–H groups in total. The van der Waals surface area contributed by atoms with Gasteiger partial charge in [-0.1, -0.05) is 35.9 Å². The Morgan fingerprint density at radius 2 is 1.81 bits per heavy atom. The number of fused-ring (bicyclic) bond motifs is 1. The third-order valence-corrected chi connectivity index (χ3v) is 4.97. The van der Waals surface area contributed by atoms with Crippen LogP contribution in [-0.2, 0) is 0 Å². The minimum atomic E-state index is 0.174. The van der Waals surface area contributed by atoms with Crippen molar-refractivity contribution in [2.45, 2.75) is 18.9 Å². The van der Waals surface area contributed by atoms with E-state index in [2.05, 4.69) is 16.0 Å². The highest BCUT2D eigenvalue weighted by Gasteiger charge is 2.23. The summed E-state index contributed by atoms with van der Waals surface area (Å²) < 4.78 is 6.06. The SMILES string of the molecule is O=Cc1cc2ccccc2c(N2CCC(Oc3ccc(Cl)cc3)CC2)n1. The second-order valence-electron chi connectivity index (χ2n) is 6.47. The Morgan fingerprint density at radius 3 is 2.54 bits per heavy atom. The summed E-state index contributed by atoms with van der Waals surface area (Å²) in [4.78, 5) is 18.1.